The van der Waals surface area contributed by atoms with Gasteiger partial charge in [0, 0.05) is 0 Å². The number of aliphatic hydroxyl groups excluding tert-OH is 1. The second kappa shape index (κ2) is 16.0. The van der Waals surface area contributed by atoms with E-state index in [1.807, 2.05) is 19.1 Å². The van der Waals surface area contributed by atoms with Crippen molar-refractivity contribution in [1.29, 1.82) is 0 Å². The van der Waals surface area contributed by atoms with Crippen LogP contribution >= 0.6 is 0 Å². The van der Waals surface area contributed by atoms with Gasteiger partial charge in [0.25, 0.3) is 0 Å². The first-order valence-corrected chi connectivity index (χ1v) is 7.38. The summed E-state index contributed by atoms with van der Waals surface area (Å²) in [5, 5.41) is 8.41. The summed E-state index contributed by atoms with van der Waals surface area (Å²) in [5.41, 5.74) is 2.86. The normalized spacial score (nSPS) is 10.0. The molecule has 1 nitrogen and oxygen atoms in total. The van der Waals surface area contributed by atoms with Crippen LogP contribution in [0.25, 0.3) is 0 Å². The molecule has 116 valence electrons. The monoisotopic (exact) mass is 286 g/mol. The predicted molar refractivity (Wildman–Crippen MR) is 96.8 cm³/mol. The molecule has 1 aromatic carbocycles. The Kier molecular flexibility index (Phi) is 16.3. The van der Waals surface area contributed by atoms with E-state index in [2.05, 4.69) is 51.3 Å². The van der Waals surface area contributed by atoms with Crippen LogP contribution in [0, 0.1) is 0 Å². The van der Waals surface area contributed by atoms with Crippen molar-refractivity contribution >= 4 is 0 Å². The summed E-state index contributed by atoms with van der Waals surface area (Å²) >= 11 is 0. The van der Waals surface area contributed by atoms with Gasteiger partial charge in [-0.3, -0.25) is 0 Å². The van der Waals surface area contributed by atoms with E-state index >= 15 is 0 Å². The molecule has 0 radical (unpaired) electrons. The van der Waals surface area contributed by atoms with Gasteiger partial charge in [0.1, 0.15) is 5.76 Å². The van der Waals surface area contributed by atoms with E-state index < -0.39 is 0 Å². The predicted octanol–water partition coefficient (Wildman–Crippen LogP) is 6.19. The number of benzene rings is 1. The molecule has 0 saturated carbocycles. The molecule has 0 aromatic heterocycles. The van der Waals surface area contributed by atoms with Crippen molar-refractivity contribution in [2.75, 3.05) is 0 Å². The molecule has 0 saturated heterocycles. The van der Waals surface area contributed by atoms with Gasteiger partial charge < -0.3 is 5.11 Å². The second-order valence-corrected chi connectivity index (χ2v) is 4.20. The number of allylic oxidation sites excluding steroid dienone is 5. The summed E-state index contributed by atoms with van der Waals surface area (Å²) in [6, 6.07) is 8.83. The fourth-order valence-electron chi connectivity index (χ4n) is 1.26. The summed E-state index contributed by atoms with van der Waals surface area (Å²) in [6.45, 7) is 14.8. The zero-order valence-electron chi connectivity index (χ0n) is 14.0. The van der Waals surface area contributed by atoms with Crippen LogP contribution in [0.5, 0.6) is 0 Å². The average molecular weight is 286 g/mol. The van der Waals surface area contributed by atoms with Crippen LogP contribution in [0.1, 0.15) is 38.8 Å². The lowest BCUT2D eigenvalue weighted by molar-refractivity contribution is 0.432. The highest BCUT2D eigenvalue weighted by Crippen LogP contribution is 2.04. The van der Waals surface area contributed by atoms with Crippen molar-refractivity contribution in [3.05, 3.63) is 84.7 Å². The molecule has 0 heterocycles. The first-order chi connectivity index (χ1) is 10.1. The molecule has 0 atom stereocenters. The maximum Gasteiger partial charge on any atom is 0.110 e. The van der Waals surface area contributed by atoms with Crippen LogP contribution in [0.15, 0.2) is 73.6 Å². The smallest absolute Gasteiger partial charge is 0.110 e. The summed E-state index contributed by atoms with van der Waals surface area (Å²) in [7, 11) is 0. The molecule has 0 unspecified atom stereocenters. The molecule has 0 aliphatic rings. The van der Waals surface area contributed by atoms with Gasteiger partial charge in [0.2, 0.25) is 0 Å². The summed E-state index contributed by atoms with van der Waals surface area (Å²) in [4.78, 5) is 0. The van der Waals surface area contributed by atoms with Crippen molar-refractivity contribution in [2.45, 2.75) is 40.5 Å². The summed E-state index contributed by atoms with van der Waals surface area (Å²) < 4.78 is 0. The number of rotatable bonds is 4. The van der Waals surface area contributed by atoms with Gasteiger partial charge in [-0.2, -0.15) is 0 Å². The van der Waals surface area contributed by atoms with Crippen molar-refractivity contribution in [3.8, 4) is 0 Å². The number of aryl methyl sites for hydroxylation is 2. The highest BCUT2D eigenvalue weighted by molar-refractivity contribution is 5.22. The number of hydrogen-bond donors (Lipinski definition) is 1. The Morgan fingerprint density at radius 3 is 1.52 bits per heavy atom. The Morgan fingerprint density at radius 1 is 1.00 bits per heavy atom. The van der Waals surface area contributed by atoms with Crippen LogP contribution in [0.2, 0.25) is 0 Å². The molecular weight excluding hydrogens is 256 g/mol. The van der Waals surface area contributed by atoms with Gasteiger partial charge in [0.15, 0.2) is 0 Å². The van der Waals surface area contributed by atoms with Gasteiger partial charge in [0.05, 0.1) is 0 Å². The Bertz CT molecular complexity index is 399. The molecular formula is C20H30O. The third kappa shape index (κ3) is 14.2. The van der Waals surface area contributed by atoms with E-state index in [0.717, 1.165) is 12.8 Å². The van der Waals surface area contributed by atoms with Crippen molar-refractivity contribution < 1.29 is 5.11 Å². The maximum absolute atomic E-state index is 8.41. The topological polar surface area (TPSA) is 20.2 Å². The van der Waals surface area contributed by atoms with Crippen LogP contribution in [-0.4, -0.2) is 5.11 Å². The van der Waals surface area contributed by atoms with Crippen LogP contribution in [0.3, 0.4) is 0 Å². The Morgan fingerprint density at radius 2 is 1.43 bits per heavy atom. The molecule has 0 aliphatic carbocycles. The number of hydrogen-bond acceptors (Lipinski definition) is 1. The van der Waals surface area contributed by atoms with E-state index in [1.54, 1.807) is 19.1 Å². The lowest BCUT2D eigenvalue weighted by Crippen LogP contribution is -1.81. The standard InChI is InChI=1S/C10H14.C5H8O.C5H8/c1-3-9-5-7-10(4-2)8-6-9;1-3-5(6)4-2;1-3-5-4-2/h5-8H,3-4H2,1-2H3;3-4,6H,1H2,2H3;3-5H,1H2,2H3/b;5-4+;5-4-. The maximum atomic E-state index is 8.41. The molecule has 1 N–H and O–H groups in total. The SMILES string of the molecule is C=C/C(O)=C\C.C=C/C=C\C.CCc1ccc(CC)cc1. The van der Waals surface area contributed by atoms with Crippen LogP contribution in [-0.2, 0) is 12.8 Å². The zero-order chi connectivity index (χ0) is 16.5. The van der Waals surface area contributed by atoms with Crippen molar-refractivity contribution in [2.24, 2.45) is 0 Å². The lowest BCUT2D eigenvalue weighted by atomic mass is 10.1. The van der Waals surface area contributed by atoms with E-state index in [1.165, 1.54) is 17.2 Å². The third-order valence-corrected chi connectivity index (χ3v) is 2.67. The van der Waals surface area contributed by atoms with Gasteiger partial charge in [-0.1, -0.05) is 69.5 Å². The molecule has 0 amide bonds. The average Bonchev–Trinajstić information content (AvgIpc) is 2.56. The van der Waals surface area contributed by atoms with E-state index in [4.69, 9.17) is 5.11 Å². The fraction of sp³-hybridized carbons (Fsp3) is 0.300. The Hall–Kier alpha value is -2.02. The van der Waals surface area contributed by atoms with Crippen LogP contribution < -0.4 is 0 Å². The van der Waals surface area contributed by atoms with Gasteiger partial charge in [-0.05, 0) is 50.0 Å². The summed E-state index contributed by atoms with van der Waals surface area (Å²) in [5.74, 6) is 0.231. The van der Waals surface area contributed by atoms with Crippen LogP contribution in [0.4, 0.5) is 0 Å². The molecule has 0 aliphatic heterocycles. The molecule has 21 heavy (non-hydrogen) atoms. The molecule has 1 heteroatoms. The largest absolute Gasteiger partial charge is 0.508 e. The highest BCUT2D eigenvalue weighted by atomic mass is 16.3. The minimum Gasteiger partial charge on any atom is -0.508 e. The first-order valence-electron chi connectivity index (χ1n) is 7.38. The third-order valence-electron chi connectivity index (χ3n) is 2.67. The van der Waals surface area contributed by atoms with Crippen molar-refractivity contribution in [3.63, 3.8) is 0 Å². The second-order valence-electron chi connectivity index (χ2n) is 4.20. The molecule has 0 bridgehead atoms. The quantitative estimate of drug-likeness (QED) is 0.516. The van der Waals surface area contributed by atoms with E-state index in [0.29, 0.717) is 0 Å². The summed E-state index contributed by atoms with van der Waals surface area (Å²) in [6.07, 6.45) is 10.8. The Balaban J connectivity index is 0. The number of aliphatic hydroxyl groups is 1. The molecule has 0 spiro atoms. The zero-order valence-corrected chi connectivity index (χ0v) is 14.0. The molecule has 0 fully saturated rings. The fourth-order valence-corrected chi connectivity index (χ4v) is 1.26. The lowest BCUT2D eigenvalue weighted by Gasteiger charge is -1.97. The van der Waals surface area contributed by atoms with Crippen molar-refractivity contribution in [1.82, 2.24) is 0 Å². The van der Waals surface area contributed by atoms with Gasteiger partial charge in [-0.15, -0.1) is 0 Å². The first kappa shape index (κ1) is 21.3. The minimum absolute atomic E-state index is 0.231. The van der Waals surface area contributed by atoms with Gasteiger partial charge in [-0.25, -0.2) is 0 Å². The molecule has 1 rings (SSSR count). The minimum atomic E-state index is 0.231. The molecule has 1 aromatic rings. The van der Waals surface area contributed by atoms with E-state index in [-0.39, 0.29) is 5.76 Å². The van der Waals surface area contributed by atoms with E-state index in [9.17, 15) is 0 Å². The highest BCUT2D eigenvalue weighted by Gasteiger charge is 1.88. The van der Waals surface area contributed by atoms with Gasteiger partial charge >= 0.3 is 0 Å². The Labute approximate surface area is 131 Å².